The molecule has 0 aromatic rings. The summed E-state index contributed by atoms with van der Waals surface area (Å²) in [6.07, 6.45) is 6.62. The minimum atomic E-state index is 0.176. The lowest BCUT2D eigenvalue weighted by molar-refractivity contribution is -0.136. The number of amides is 1. The largest absolute Gasteiger partial charge is 0.345 e. The first-order valence-electron chi connectivity index (χ1n) is 7.75. The van der Waals surface area contributed by atoms with E-state index in [2.05, 4.69) is 11.9 Å². The summed E-state index contributed by atoms with van der Waals surface area (Å²) >= 11 is 0. The molecule has 1 aliphatic heterocycles. The molecule has 2 N–H and O–H groups in total. The maximum Gasteiger partial charge on any atom is 0.225 e. The van der Waals surface area contributed by atoms with Gasteiger partial charge in [-0.25, -0.2) is 0 Å². The van der Waals surface area contributed by atoms with Crippen molar-refractivity contribution in [3.8, 4) is 0 Å². The number of carbonyl (C=O) groups is 1. The van der Waals surface area contributed by atoms with Crippen molar-refractivity contribution >= 4 is 5.91 Å². The van der Waals surface area contributed by atoms with Crippen LogP contribution in [-0.2, 0) is 4.79 Å². The number of nitrogens with two attached hydrogens (primary N) is 1. The fraction of sp³-hybridized carbons (Fsp3) is 0.933. The monoisotopic (exact) mass is 267 g/mol. The van der Waals surface area contributed by atoms with Crippen molar-refractivity contribution in [2.45, 2.75) is 44.6 Å². The number of piperidine rings is 1. The summed E-state index contributed by atoms with van der Waals surface area (Å²) in [5.41, 5.74) is 5.99. The molecule has 19 heavy (non-hydrogen) atoms. The Hall–Kier alpha value is -0.610. The van der Waals surface area contributed by atoms with Crippen molar-refractivity contribution in [1.82, 2.24) is 9.80 Å². The number of rotatable bonds is 3. The summed E-state index contributed by atoms with van der Waals surface area (Å²) in [6, 6.07) is 0.233. The Balaban J connectivity index is 1.81. The predicted molar refractivity (Wildman–Crippen MR) is 77.8 cm³/mol. The number of hydrogen-bond donors (Lipinski definition) is 1. The zero-order valence-electron chi connectivity index (χ0n) is 12.5. The lowest BCUT2D eigenvalue weighted by atomic mass is 9.85. The van der Waals surface area contributed by atoms with E-state index < -0.39 is 0 Å². The molecule has 3 unspecified atom stereocenters. The van der Waals surface area contributed by atoms with Gasteiger partial charge in [0.2, 0.25) is 5.91 Å². The molecule has 4 heteroatoms. The van der Waals surface area contributed by atoms with Crippen LogP contribution in [0.2, 0.25) is 0 Å². The molecule has 2 aliphatic rings. The molecule has 0 radical (unpaired) electrons. The summed E-state index contributed by atoms with van der Waals surface area (Å²) in [6.45, 7) is 3.24. The second-order valence-corrected chi connectivity index (χ2v) is 6.61. The number of carbonyl (C=O) groups excluding carboxylic acids is 1. The average Bonchev–Trinajstić information content (AvgIpc) is 2.38. The predicted octanol–water partition coefficient (Wildman–Crippen LogP) is 1.30. The summed E-state index contributed by atoms with van der Waals surface area (Å²) in [4.78, 5) is 16.8. The third-order valence-electron chi connectivity index (χ3n) is 4.69. The molecule has 1 saturated carbocycles. The second-order valence-electron chi connectivity index (χ2n) is 6.61. The van der Waals surface area contributed by atoms with E-state index in [1.54, 1.807) is 0 Å². The topological polar surface area (TPSA) is 49.6 Å². The SMILES string of the molecule is CN1CCCC(CN(C)C(=O)C2CCCC(N)C2)C1. The third-order valence-corrected chi connectivity index (χ3v) is 4.69. The van der Waals surface area contributed by atoms with E-state index in [0.29, 0.717) is 11.8 Å². The first-order valence-corrected chi connectivity index (χ1v) is 7.75. The molecule has 1 aliphatic carbocycles. The zero-order chi connectivity index (χ0) is 13.8. The van der Waals surface area contributed by atoms with E-state index in [9.17, 15) is 4.79 Å². The molecular formula is C15H29N3O. The van der Waals surface area contributed by atoms with Crippen LogP contribution in [0.1, 0.15) is 38.5 Å². The van der Waals surface area contributed by atoms with Crippen molar-refractivity contribution in [3.05, 3.63) is 0 Å². The molecule has 2 fully saturated rings. The van der Waals surface area contributed by atoms with Crippen LogP contribution in [0.4, 0.5) is 0 Å². The lowest BCUT2D eigenvalue weighted by Crippen LogP contribution is -2.43. The van der Waals surface area contributed by atoms with E-state index in [0.717, 1.165) is 38.8 Å². The Bertz CT molecular complexity index is 308. The molecule has 4 nitrogen and oxygen atoms in total. The molecule has 0 spiro atoms. The van der Waals surface area contributed by atoms with E-state index in [-0.39, 0.29) is 12.0 Å². The number of hydrogen-bond acceptors (Lipinski definition) is 3. The molecule has 2 rings (SSSR count). The minimum Gasteiger partial charge on any atom is -0.345 e. The molecule has 0 aromatic carbocycles. The highest BCUT2D eigenvalue weighted by molar-refractivity contribution is 5.78. The first kappa shape index (κ1) is 14.8. The van der Waals surface area contributed by atoms with Gasteiger partial charge in [-0.3, -0.25) is 4.79 Å². The van der Waals surface area contributed by atoms with Crippen molar-refractivity contribution in [2.75, 3.05) is 33.7 Å². The maximum atomic E-state index is 12.5. The van der Waals surface area contributed by atoms with Crippen LogP contribution in [0.5, 0.6) is 0 Å². The van der Waals surface area contributed by atoms with Gasteiger partial charge in [-0.05, 0) is 51.6 Å². The number of nitrogens with zero attached hydrogens (tertiary/aromatic N) is 2. The third kappa shape index (κ3) is 4.18. The van der Waals surface area contributed by atoms with E-state index >= 15 is 0 Å². The van der Waals surface area contributed by atoms with Crippen LogP contribution in [0.25, 0.3) is 0 Å². The normalized spacial score (nSPS) is 33.1. The molecule has 1 saturated heterocycles. The van der Waals surface area contributed by atoms with Gasteiger partial charge in [-0.15, -0.1) is 0 Å². The zero-order valence-corrected chi connectivity index (χ0v) is 12.5. The van der Waals surface area contributed by atoms with Gasteiger partial charge in [0.15, 0.2) is 0 Å². The summed E-state index contributed by atoms with van der Waals surface area (Å²) in [7, 11) is 4.14. The molecular weight excluding hydrogens is 238 g/mol. The van der Waals surface area contributed by atoms with Crippen LogP contribution >= 0.6 is 0 Å². The number of likely N-dealkylation sites (tertiary alicyclic amines) is 1. The van der Waals surface area contributed by atoms with Crippen LogP contribution in [0.3, 0.4) is 0 Å². The second kappa shape index (κ2) is 6.71. The molecule has 0 bridgehead atoms. The lowest BCUT2D eigenvalue weighted by Gasteiger charge is -2.34. The Morgan fingerprint density at radius 3 is 2.79 bits per heavy atom. The highest BCUT2D eigenvalue weighted by atomic mass is 16.2. The first-order chi connectivity index (χ1) is 9.06. The average molecular weight is 267 g/mol. The Labute approximate surface area is 117 Å². The van der Waals surface area contributed by atoms with Crippen LogP contribution in [0.15, 0.2) is 0 Å². The van der Waals surface area contributed by atoms with Crippen molar-refractivity contribution in [1.29, 1.82) is 0 Å². The van der Waals surface area contributed by atoms with Gasteiger partial charge < -0.3 is 15.5 Å². The molecule has 0 aromatic heterocycles. The van der Waals surface area contributed by atoms with Crippen molar-refractivity contribution in [3.63, 3.8) is 0 Å². The molecule has 110 valence electrons. The summed E-state index contributed by atoms with van der Waals surface area (Å²) in [5.74, 6) is 1.14. The molecule has 3 atom stereocenters. The highest BCUT2D eigenvalue weighted by Gasteiger charge is 2.29. The summed E-state index contributed by atoms with van der Waals surface area (Å²) < 4.78 is 0. The van der Waals surface area contributed by atoms with Crippen molar-refractivity contribution in [2.24, 2.45) is 17.6 Å². The van der Waals surface area contributed by atoms with Gasteiger partial charge >= 0.3 is 0 Å². The smallest absolute Gasteiger partial charge is 0.225 e. The maximum absolute atomic E-state index is 12.5. The van der Waals surface area contributed by atoms with Crippen LogP contribution < -0.4 is 5.73 Å². The minimum absolute atomic E-state index is 0.176. The van der Waals surface area contributed by atoms with Gasteiger partial charge in [0.1, 0.15) is 0 Å². The highest BCUT2D eigenvalue weighted by Crippen LogP contribution is 2.25. The van der Waals surface area contributed by atoms with Gasteiger partial charge in [0.05, 0.1) is 0 Å². The van der Waals surface area contributed by atoms with Crippen LogP contribution in [-0.4, -0.2) is 55.5 Å². The molecule has 1 amide bonds. The van der Waals surface area contributed by atoms with Gasteiger partial charge in [0.25, 0.3) is 0 Å². The van der Waals surface area contributed by atoms with E-state index in [1.807, 2.05) is 11.9 Å². The Kier molecular flexibility index (Phi) is 5.22. The summed E-state index contributed by atoms with van der Waals surface area (Å²) in [5, 5.41) is 0. The Morgan fingerprint density at radius 2 is 2.11 bits per heavy atom. The van der Waals surface area contributed by atoms with Crippen LogP contribution in [0, 0.1) is 11.8 Å². The van der Waals surface area contributed by atoms with Gasteiger partial charge in [-0.2, -0.15) is 0 Å². The fourth-order valence-electron chi connectivity index (χ4n) is 3.66. The van der Waals surface area contributed by atoms with Crippen molar-refractivity contribution < 1.29 is 4.79 Å². The fourth-order valence-corrected chi connectivity index (χ4v) is 3.66. The Morgan fingerprint density at radius 1 is 1.32 bits per heavy atom. The molecule has 1 heterocycles. The quantitative estimate of drug-likeness (QED) is 0.838. The standard InChI is InChI=1S/C15H29N3O/c1-17-8-4-5-12(10-17)11-18(2)15(19)13-6-3-7-14(16)9-13/h12-14H,3-11,16H2,1-2H3. The van der Waals surface area contributed by atoms with Gasteiger partial charge in [0, 0.05) is 32.1 Å². The van der Waals surface area contributed by atoms with Gasteiger partial charge in [-0.1, -0.05) is 6.42 Å². The van der Waals surface area contributed by atoms with E-state index in [1.165, 1.54) is 19.4 Å². The van der Waals surface area contributed by atoms with E-state index in [4.69, 9.17) is 5.73 Å².